The summed E-state index contributed by atoms with van der Waals surface area (Å²) >= 11 is 0. The Labute approximate surface area is 108 Å². The average Bonchev–Trinajstić information content (AvgIpc) is 2.78. The van der Waals surface area contributed by atoms with Gasteiger partial charge in [0.25, 0.3) is 0 Å². The minimum Gasteiger partial charge on any atom is -0.497 e. The van der Waals surface area contributed by atoms with Crippen LogP contribution >= 0.6 is 0 Å². The van der Waals surface area contributed by atoms with Gasteiger partial charge in [0.05, 0.1) is 19.9 Å². The zero-order valence-corrected chi connectivity index (χ0v) is 11.4. The summed E-state index contributed by atoms with van der Waals surface area (Å²) in [7, 11) is 3.34. The van der Waals surface area contributed by atoms with E-state index in [9.17, 15) is 0 Å². The van der Waals surface area contributed by atoms with Gasteiger partial charge < -0.3 is 14.0 Å². The number of aryl methyl sites for hydroxylation is 1. The molecule has 0 unspecified atom stereocenters. The van der Waals surface area contributed by atoms with Crippen LogP contribution in [-0.4, -0.2) is 18.8 Å². The molecule has 1 aromatic carbocycles. The van der Waals surface area contributed by atoms with Gasteiger partial charge in [-0.1, -0.05) is 0 Å². The fourth-order valence-corrected chi connectivity index (χ4v) is 2.23. The molecule has 0 saturated carbocycles. The van der Waals surface area contributed by atoms with E-state index in [1.165, 1.54) is 11.4 Å². The summed E-state index contributed by atoms with van der Waals surface area (Å²) in [4.78, 5) is 0. The molecule has 0 radical (unpaired) electrons. The Bertz CT molecular complexity index is 543. The lowest BCUT2D eigenvalue weighted by Crippen LogP contribution is -2.00. The number of hydrogen-bond acceptors (Lipinski definition) is 2. The number of benzene rings is 1. The minimum atomic E-state index is 0.807. The Morgan fingerprint density at radius 3 is 2.44 bits per heavy atom. The van der Waals surface area contributed by atoms with Crippen molar-refractivity contribution in [3.63, 3.8) is 0 Å². The number of rotatable bonds is 4. The molecule has 3 nitrogen and oxygen atoms in total. The van der Waals surface area contributed by atoms with Crippen molar-refractivity contribution in [3.8, 4) is 22.8 Å². The summed E-state index contributed by atoms with van der Waals surface area (Å²) in [6, 6.07) is 10.2. The molecule has 1 heterocycles. The van der Waals surface area contributed by atoms with Gasteiger partial charge in [-0.25, -0.2) is 0 Å². The number of methoxy groups -OCH3 is 2. The summed E-state index contributed by atoms with van der Waals surface area (Å²) in [6.07, 6.45) is 0. The Hall–Kier alpha value is -1.90. The lowest BCUT2D eigenvalue weighted by atomic mass is 10.1. The summed E-state index contributed by atoms with van der Waals surface area (Å²) in [5.41, 5.74) is 3.52. The molecule has 0 atom stereocenters. The highest BCUT2D eigenvalue weighted by molar-refractivity contribution is 5.69. The minimum absolute atomic E-state index is 0.807. The highest BCUT2D eigenvalue weighted by atomic mass is 16.5. The van der Waals surface area contributed by atoms with Gasteiger partial charge >= 0.3 is 0 Å². The summed E-state index contributed by atoms with van der Waals surface area (Å²) in [5, 5.41) is 0. The van der Waals surface area contributed by atoms with Crippen LogP contribution in [0.15, 0.2) is 30.3 Å². The van der Waals surface area contributed by atoms with E-state index in [2.05, 4.69) is 30.5 Å². The summed E-state index contributed by atoms with van der Waals surface area (Å²) < 4.78 is 12.9. The van der Waals surface area contributed by atoms with Crippen molar-refractivity contribution < 1.29 is 9.47 Å². The SMILES string of the molecule is CCn1c(C)ccc1-c1ccc(OC)cc1OC. The third-order valence-corrected chi connectivity index (χ3v) is 3.20. The van der Waals surface area contributed by atoms with Gasteiger partial charge in [0.2, 0.25) is 0 Å². The Morgan fingerprint density at radius 2 is 1.83 bits per heavy atom. The molecule has 0 aliphatic heterocycles. The average molecular weight is 245 g/mol. The molecule has 0 spiro atoms. The third-order valence-electron chi connectivity index (χ3n) is 3.20. The van der Waals surface area contributed by atoms with Crippen molar-refractivity contribution in [2.24, 2.45) is 0 Å². The first kappa shape index (κ1) is 12.6. The summed E-state index contributed by atoms with van der Waals surface area (Å²) in [5.74, 6) is 1.64. The molecule has 0 aliphatic carbocycles. The van der Waals surface area contributed by atoms with E-state index in [4.69, 9.17) is 9.47 Å². The van der Waals surface area contributed by atoms with Crippen LogP contribution in [0.1, 0.15) is 12.6 Å². The predicted molar refractivity (Wildman–Crippen MR) is 73.4 cm³/mol. The Morgan fingerprint density at radius 1 is 1.06 bits per heavy atom. The molecule has 0 amide bonds. The van der Waals surface area contributed by atoms with Gasteiger partial charge in [0, 0.05) is 23.9 Å². The molecular formula is C15H19NO2. The first-order valence-corrected chi connectivity index (χ1v) is 6.09. The number of nitrogens with zero attached hydrogens (tertiary/aromatic N) is 1. The molecule has 0 fully saturated rings. The van der Waals surface area contributed by atoms with E-state index in [1.54, 1.807) is 14.2 Å². The van der Waals surface area contributed by atoms with Crippen molar-refractivity contribution in [2.75, 3.05) is 14.2 Å². The van der Waals surface area contributed by atoms with E-state index < -0.39 is 0 Å². The van der Waals surface area contributed by atoms with E-state index in [0.717, 1.165) is 23.6 Å². The van der Waals surface area contributed by atoms with Crippen LogP contribution in [0.25, 0.3) is 11.3 Å². The van der Waals surface area contributed by atoms with Gasteiger partial charge in [0.15, 0.2) is 0 Å². The normalized spacial score (nSPS) is 10.4. The monoisotopic (exact) mass is 245 g/mol. The molecule has 0 aliphatic rings. The standard InChI is InChI=1S/C15H19NO2/c1-5-16-11(2)6-9-14(16)13-8-7-12(17-3)10-15(13)18-4/h6-10H,5H2,1-4H3. The number of hydrogen-bond donors (Lipinski definition) is 0. The second-order valence-electron chi connectivity index (χ2n) is 4.17. The van der Waals surface area contributed by atoms with Crippen molar-refractivity contribution >= 4 is 0 Å². The zero-order chi connectivity index (χ0) is 13.1. The van der Waals surface area contributed by atoms with E-state index in [-0.39, 0.29) is 0 Å². The Kier molecular flexibility index (Phi) is 3.60. The molecular weight excluding hydrogens is 226 g/mol. The third kappa shape index (κ3) is 2.08. The molecule has 2 rings (SSSR count). The molecule has 2 aromatic rings. The second kappa shape index (κ2) is 5.17. The fourth-order valence-electron chi connectivity index (χ4n) is 2.23. The molecule has 18 heavy (non-hydrogen) atoms. The Balaban J connectivity index is 2.56. The number of ether oxygens (including phenoxy) is 2. The van der Waals surface area contributed by atoms with Crippen LogP contribution in [0.3, 0.4) is 0 Å². The van der Waals surface area contributed by atoms with Crippen molar-refractivity contribution in [1.82, 2.24) is 4.57 Å². The number of aromatic nitrogens is 1. The van der Waals surface area contributed by atoms with Gasteiger partial charge in [-0.05, 0) is 38.1 Å². The van der Waals surface area contributed by atoms with Crippen LogP contribution < -0.4 is 9.47 Å². The van der Waals surface area contributed by atoms with Crippen LogP contribution in [-0.2, 0) is 6.54 Å². The van der Waals surface area contributed by atoms with Crippen molar-refractivity contribution in [2.45, 2.75) is 20.4 Å². The van der Waals surface area contributed by atoms with Crippen LogP contribution in [0.5, 0.6) is 11.5 Å². The quantitative estimate of drug-likeness (QED) is 0.823. The van der Waals surface area contributed by atoms with Crippen molar-refractivity contribution in [1.29, 1.82) is 0 Å². The van der Waals surface area contributed by atoms with Crippen LogP contribution in [0.4, 0.5) is 0 Å². The lowest BCUT2D eigenvalue weighted by molar-refractivity contribution is 0.395. The van der Waals surface area contributed by atoms with Crippen LogP contribution in [0.2, 0.25) is 0 Å². The molecule has 3 heteroatoms. The fraction of sp³-hybridized carbons (Fsp3) is 0.333. The maximum atomic E-state index is 5.46. The highest BCUT2D eigenvalue weighted by Gasteiger charge is 2.12. The largest absolute Gasteiger partial charge is 0.497 e. The van der Waals surface area contributed by atoms with E-state index >= 15 is 0 Å². The zero-order valence-electron chi connectivity index (χ0n) is 11.4. The molecule has 96 valence electrons. The summed E-state index contributed by atoms with van der Waals surface area (Å²) in [6.45, 7) is 5.21. The highest BCUT2D eigenvalue weighted by Crippen LogP contribution is 2.34. The molecule has 0 saturated heterocycles. The van der Waals surface area contributed by atoms with Crippen molar-refractivity contribution in [3.05, 3.63) is 36.0 Å². The van der Waals surface area contributed by atoms with Gasteiger partial charge in [-0.3, -0.25) is 0 Å². The molecule has 1 aromatic heterocycles. The van der Waals surface area contributed by atoms with Crippen LogP contribution in [0, 0.1) is 6.92 Å². The maximum Gasteiger partial charge on any atom is 0.131 e. The lowest BCUT2D eigenvalue weighted by Gasteiger charge is -2.13. The van der Waals surface area contributed by atoms with E-state index in [1.807, 2.05) is 18.2 Å². The maximum absolute atomic E-state index is 5.46. The first-order valence-electron chi connectivity index (χ1n) is 6.09. The van der Waals surface area contributed by atoms with Gasteiger partial charge in [0.1, 0.15) is 11.5 Å². The van der Waals surface area contributed by atoms with Gasteiger partial charge in [-0.15, -0.1) is 0 Å². The van der Waals surface area contributed by atoms with E-state index in [0.29, 0.717) is 0 Å². The topological polar surface area (TPSA) is 23.4 Å². The molecule has 0 bridgehead atoms. The van der Waals surface area contributed by atoms with Gasteiger partial charge in [-0.2, -0.15) is 0 Å². The molecule has 0 N–H and O–H groups in total. The smallest absolute Gasteiger partial charge is 0.131 e. The first-order chi connectivity index (χ1) is 8.71. The predicted octanol–water partition coefficient (Wildman–Crippen LogP) is 3.50. The second-order valence-corrected chi connectivity index (χ2v) is 4.17.